The number of thiophene rings is 1. The van der Waals surface area contributed by atoms with E-state index in [2.05, 4.69) is 39.2 Å². The summed E-state index contributed by atoms with van der Waals surface area (Å²) in [7, 11) is 0. The number of halogens is 1. The van der Waals surface area contributed by atoms with Crippen LogP contribution in [-0.4, -0.2) is 35.2 Å². The number of likely N-dealkylation sites (tertiary alicyclic amines) is 1. The Morgan fingerprint density at radius 2 is 2.44 bits per heavy atom. The number of piperidine rings is 1. The van der Waals surface area contributed by atoms with Crippen LogP contribution in [0.5, 0.6) is 0 Å². The Kier molecular flexibility index (Phi) is 5.21. The molecule has 2 heterocycles. The standard InChI is InChI=1S/C13H21BrN2OS/c1-2-11(15)13(12-6-9(14)8-18-12)16-5-3-4-10(17)7-16/h6,8,10-11,13,17H,2-5,7,15H2,1H3. The van der Waals surface area contributed by atoms with Crippen molar-refractivity contribution < 1.29 is 5.11 Å². The molecule has 0 bridgehead atoms. The first-order valence-electron chi connectivity index (χ1n) is 6.53. The second kappa shape index (κ2) is 6.48. The Morgan fingerprint density at radius 1 is 1.67 bits per heavy atom. The molecule has 0 saturated carbocycles. The van der Waals surface area contributed by atoms with E-state index in [1.807, 2.05) is 0 Å². The van der Waals surface area contributed by atoms with Crippen LogP contribution in [0, 0.1) is 0 Å². The molecule has 3 atom stereocenters. The summed E-state index contributed by atoms with van der Waals surface area (Å²) >= 11 is 5.26. The van der Waals surface area contributed by atoms with Crippen LogP contribution in [0.1, 0.15) is 37.1 Å². The second-order valence-electron chi connectivity index (χ2n) is 4.98. The van der Waals surface area contributed by atoms with Gasteiger partial charge in [0.25, 0.3) is 0 Å². The second-order valence-corrected chi connectivity index (χ2v) is 6.83. The Bertz CT molecular complexity index is 385. The summed E-state index contributed by atoms with van der Waals surface area (Å²) in [6.45, 7) is 3.90. The Hall–Kier alpha value is 0.0600. The average Bonchev–Trinajstić information content (AvgIpc) is 2.76. The van der Waals surface area contributed by atoms with Crippen LogP contribution in [0.25, 0.3) is 0 Å². The third-order valence-electron chi connectivity index (χ3n) is 3.58. The molecule has 5 heteroatoms. The molecule has 1 aliphatic rings. The molecule has 102 valence electrons. The molecule has 0 aromatic carbocycles. The van der Waals surface area contributed by atoms with Gasteiger partial charge in [-0.3, -0.25) is 4.90 Å². The highest BCUT2D eigenvalue weighted by molar-refractivity contribution is 9.10. The van der Waals surface area contributed by atoms with Crippen molar-refractivity contribution in [2.24, 2.45) is 5.73 Å². The van der Waals surface area contributed by atoms with E-state index >= 15 is 0 Å². The molecule has 0 aliphatic carbocycles. The van der Waals surface area contributed by atoms with Crippen molar-refractivity contribution in [1.82, 2.24) is 4.90 Å². The van der Waals surface area contributed by atoms with Crippen molar-refractivity contribution in [2.45, 2.75) is 44.4 Å². The minimum absolute atomic E-state index is 0.126. The van der Waals surface area contributed by atoms with E-state index in [-0.39, 0.29) is 18.2 Å². The summed E-state index contributed by atoms with van der Waals surface area (Å²) in [5.41, 5.74) is 6.30. The minimum atomic E-state index is -0.200. The van der Waals surface area contributed by atoms with Crippen LogP contribution in [0.15, 0.2) is 15.9 Å². The summed E-state index contributed by atoms with van der Waals surface area (Å²) in [4.78, 5) is 3.64. The van der Waals surface area contributed by atoms with Crippen molar-refractivity contribution >= 4 is 27.3 Å². The molecule has 2 rings (SSSR count). The highest BCUT2D eigenvalue weighted by Gasteiger charge is 2.30. The normalized spacial score (nSPS) is 25.0. The number of rotatable bonds is 4. The summed E-state index contributed by atoms with van der Waals surface area (Å²) in [5.74, 6) is 0. The molecule has 1 saturated heterocycles. The summed E-state index contributed by atoms with van der Waals surface area (Å²) in [6.07, 6.45) is 2.72. The first-order valence-corrected chi connectivity index (χ1v) is 8.20. The van der Waals surface area contributed by atoms with Gasteiger partial charge in [-0.1, -0.05) is 6.92 Å². The van der Waals surface area contributed by atoms with Gasteiger partial charge in [-0.25, -0.2) is 0 Å². The van der Waals surface area contributed by atoms with Crippen molar-refractivity contribution in [3.8, 4) is 0 Å². The van der Waals surface area contributed by atoms with E-state index in [0.717, 1.165) is 36.8 Å². The average molecular weight is 333 g/mol. The lowest BCUT2D eigenvalue weighted by Crippen LogP contribution is -2.46. The first kappa shape index (κ1) is 14.5. The molecule has 1 fully saturated rings. The van der Waals surface area contributed by atoms with Crippen LogP contribution in [0.2, 0.25) is 0 Å². The molecule has 1 aromatic rings. The number of aliphatic hydroxyl groups excluding tert-OH is 1. The van der Waals surface area contributed by atoms with Crippen molar-refractivity contribution in [2.75, 3.05) is 13.1 Å². The molecule has 0 spiro atoms. The first-order chi connectivity index (χ1) is 8.61. The smallest absolute Gasteiger partial charge is 0.0667 e. The fraction of sp³-hybridized carbons (Fsp3) is 0.692. The topological polar surface area (TPSA) is 49.5 Å². The Labute approximate surface area is 121 Å². The summed E-state index contributed by atoms with van der Waals surface area (Å²) in [5, 5.41) is 11.9. The third-order valence-corrected chi connectivity index (χ3v) is 5.34. The maximum atomic E-state index is 9.85. The molecular weight excluding hydrogens is 312 g/mol. The predicted octanol–water partition coefficient (Wildman–Crippen LogP) is 2.75. The number of nitrogens with zero attached hydrogens (tertiary/aromatic N) is 1. The molecular formula is C13H21BrN2OS. The van der Waals surface area contributed by atoms with E-state index in [1.165, 1.54) is 4.88 Å². The van der Waals surface area contributed by atoms with Crippen LogP contribution >= 0.6 is 27.3 Å². The Balaban J connectivity index is 2.19. The van der Waals surface area contributed by atoms with Gasteiger partial charge in [-0.05, 0) is 47.8 Å². The zero-order valence-corrected chi connectivity index (χ0v) is 13.1. The fourth-order valence-electron chi connectivity index (χ4n) is 2.60. The molecule has 1 aliphatic heterocycles. The number of hydrogen-bond acceptors (Lipinski definition) is 4. The van der Waals surface area contributed by atoms with E-state index < -0.39 is 0 Å². The van der Waals surface area contributed by atoms with Gasteiger partial charge in [0.05, 0.1) is 12.1 Å². The molecule has 0 radical (unpaired) electrons. The maximum absolute atomic E-state index is 9.85. The fourth-order valence-corrected chi connectivity index (χ4v) is 4.26. The number of β-amino-alcohol motifs (C(OH)–C–C–N with tert-alkyl or cyclic N) is 1. The lowest BCUT2D eigenvalue weighted by Gasteiger charge is -2.38. The molecule has 3 N–H and O–H groups in total. The van der Waals surface area contributed by atoms with E-state index in [9.17, 15) is 5.11 Å². The van der Waals surface area contributed by atoms with Crippen molar-refractivity contribution in [1.29, 1.82) is 0 Å². The van der Waals surface area contributed by atoms with Gasteiger partial charge in [0.1, 0.15) is 0 Å². The largest absolute Gasteiger partial charge is 0.392 e. The van der Waals surface area contributed by atoms with Gasteiger partial charge < -0.3 is 10.8 Å². The predicted molar refractivity (Wildman–Crippen MR) is 79.8 cm³/mol. The van der Waals surface area contributed by atoms with Crippen LogP contribution < -0.4 is 5.73 Å². The number of hydrogen-bond donors (Lipinski definition) is 2. The van der Waals surface area contributed by atoms with Gasteiger partial charge in [-0.2, -0.15) is 0 Å². The summed E-state index contributed by atoms with van der Waals surface area (Å²) in [6, 6.07) is 2.52. The quantitative estimate of drug-likeness (QED) is 0.891. The number of aliphatic hydroxyl groups is 1. The molecule has 18 heavy (non-hydrogen) atoms. The zero-order valence-electron chi connectivity index (χ0n) is 10.7. The lowest BCUT2D eigenvalue weighted by atomic mass is 9.99. The van der Waals surface area contributed by atoms with Gasteiger partial charge in [-0.15, -0.1) is 11.3 Å². The monoisotopic (exact) mass is 332 g/mol. The van der Waals surface area contributed by atoms with Crippen molar-refractivity contribution in [3.05, 3.63) is 20.8 Å². The van der Waals surface area contributed by atoms with Gasteiger partial charge >= 0.3 is 0 Å². The van der Waals surface area contributed by atoms with Crippen LogP contribution in [0.3, 0.4) is 0 Å². The molecule has 0 amide bonds. The molecule has 1 aromatic heterocycles. The van der Waals surface area contributed by atoms with E-state index in [0.29, 0.717) is 0 Å². The lowest BCUT2D eigenvalue weighted by molar-refractivity contribution is 0.0394. The number of nitrogens with two attached hydrogens (primary N) is 1. The van der Waals surface area contributed by atoms with Gasteiger partial charge in [0.2, 0.25) is 0 Å². The summed E-state index contributed by atoms with van der Waals surface area (Å²) < 4.78 is 1.12. The van der Waals surface area contributed by atoms with Crippen LogP contribution in [-0.2, 0) is 0 Å². The highest BCUT2D eigenvalue weighted by Crippen LogP contribution is 2.33. The zero-order chi connectivity index (χ0) is 13.1. The molecule has 3 unspecified atom stereocenters. The maximum Gasteiger partial charge on any atom is 0.0667 e. The highest BCUT2D eigenvalue weighted by atomic mass is 79.9. The third kappa shape index (κ3) is 3.33. The van der Waals surface area contributed by atoms with Crippen molar-refractivity contribution in [3.63, 3.8) is 0 Å². The van der Waals surface area contributed by atoms with Crippen LogP contribution in [0.4, 0.5) is 0 Å². The van der Waals surface area contributed by atoms with Gasteiger partial charge in [0, 0.05) is 27.3 Å². The minimum Gasteiger partial charge on any atom is -0.392 e. The van der Waals surface area contributed by atoms with E-state index in [4.69, 9.17) is 5.73 Å². The molecule has 3 nitrogen and oxygen atoms in total. The van der Waals surface area contributed by atoms with E-state index in [1.54, 1.807) is 11.3 Å². The van der Waals surface area contributed by atoms with Gasteiger partial charge in [0.15, 0.2) is 0 Å². The SMILES string of the molecule is CCC(N)C(c1cc(Br)cs1)N1CCCC(O)C1. The Morgan fingerprint density at radius 3 is 3.00 bits per heavy atom.